The van der Waals surface area contributed by atoms with Gasteiger partial charge in [0.05, 0.1) is 11.3 Å². The van der Waals surface area contributed by atoms with Gasteiger partial charge in [0.2, 0.25) is 5.90 Å². The molecule has 0 aliphatic carbocycles. The van der Waals surface area contributed by atoms with Crippen molar-refractivity contribution >= 4 is 11.7 Å². The van der Waals surface area contributed by atoms with Crippen molar-refractivity contribution in [3.63, 3.8) is 0 Å². The van der Waals surface area contributed by atoms with Crippen LogP contribution in [0.4, 0.5) is 13.2 Å². The molecule has 0 amide bonds. The molecule has 30 heavy (non-hydrogen) atoms. The van der Waals surface area contributed by atoms with Gasteiger partial charge in [-0.2, -0.15) is 13.2 Å². The summed E-state index contributed by atoms with van der Waals surface area (Å²) in [7, 11) is 0. The summed E-state index contributed by atoms with van der Waals surface area (Å²) in [6.45, 7) is 4.93. The van der Waals surface area contributed by atoms with Gasteiger partial charge in [-0.25, -0.2) is 4.99 Å². The van der Waals surface area contributed by atoms with Crippen LogP contribution in [0.1, 0.15) is 31.9 Å². The van der Waals surface area contributed by atoms with Crippen LogP contribution in [0.15, 0.2) is 51.9 Å². The van der Waals surface area contributed by atoms with Gasteiger partial charge in [-0.1, -0.05) is 24.3 Å². The summed E-state index contributed by atoms with van der Waals surface area (Å²) in [4.78, 5) is 4.32. The van der Waals surface area contributed by atoms with Gasteiger partial charge >= 0.3 is 6.18 Å². The van der Waals surface area contributed by atoms with E-state index in [1.54, 1.807) is 0 Å². The molecule has 3 rings (SSSR count). The van der Waals surface area contributed by atoms with Crippen LogP contribution in [-0.2, 0) is 16.9 Å². The van der Waals surface area contributed by atoms with Gasteiger partial charge < -0.3 is 26.2 Å². The van der Waals surface area contributed by atoms with E-state index in [2.05, 4.69) is 15.6 Å². The Balaban J connectivity index is 1.76. The highest BCUT2D eigenvalue weighted by Crippen LogP contribution is 2.38. The van der Waals surface area contributed by atoms with E-state index in [0.29, 0.717) is 28.4 Å². The van der Waals surface area contributed by atoms with E-state index in [4.69, 9.17) is 15.9 Å². The number of hydrogen-bond acceptors (Lipinski definition) is 7. The van der Waals surface area contributed by atoms with Crippen molar-refractivity contribution in [2.45, 2.75) is 45.1 Å². The third-order valence-electron chi connectivity index (χ3n) is 5.22. The highest BCUT2D eigenvalue weighted by molar-refractivity contribution is 6.10. The van der Waals surface area contributed by atoms with E-state index in [1.807, 2.05) is 13.8 Å². The van der Waals surface area contributed by atoms with Crippen LogP contribution in [0.25, 0.3) is 0 Å². The van der Waals surface area contributed by atoms with Crippen LogP contribution in [-0.4, -0.2) is 35.7 Å². The molecular formula is C20H24F3N5O2. The second-order valence-corrected chi connectivity index (χ2v) is 7.44. The van der Waals surface area contributed by atoms with Crippen molar-refractivity contribution in [2.75, 3.05) is 6.67 Å². The molecule has 1 aromatic rings. The van der Waals surface area contributed by atoms with Gasteiger partial charge in [-0.3, -0.25) is 5.41 Å². The van der Waals surface area contributed by atoms with E-state index in [9.17, 15) is 18.3 Å². The number of nitrogens with two attached hydrogens (primary N) is 1. The molecule has 10 heteroatoms. The molecule has 0 saturated heterocycles. The fourth-order valence-electron chi connectivity index (χ4n) is 3.07. The molecular weight excluding hydrogens is 399 g/mol. The van der Waals surface area contributed by atoms with Crippen LogP contribution in [0.5, 0.6) is 0 Å². The molecule has 0 bridgehead atoms. The molecule has 1 aromatic carbocycles. The first kappa shape index (κ1) is 21.8. The number of nitrogens with one attached hydrogen (secondary N) is 3. The zero-order chi connectivity index (χ0) is 22.3. The predicted molar refractivity (Wildman–Crippen MR) is 107 cm³/mol. The summed E-state index contributed by atoms with van der Waals surface area (Å²) >= 11 is 0. The largest absolute Gasteiger partial charge is 0.433 e. The number of ether oxygens (including phenoxy) is 1. The topological polar surface area (TPSA) is 116 Å². The number of nitrogens with zero attached hydrogens (tertiary/aromatic N) is 1. The molecule has 0 aromatic heterocycles. The van der Waals surface area contributed by atoms with Crippen LogP contribution >= 0.6 is 0 Å². The van der Waals surface area contributed by atoms with Gasteiger partial charge in [0.1, 0.15) is 6.67 Å². The predicted octanol–water partition coefficient (Wildman–Crippen LogP) is 2.39. The van der Waals surface area contributed by atoms with Gasteiger partial charge in [0.25, 0.3) is 0 Å². The number of halogens is 3. The van der Waals surface area contributed by atoms with Crippen molar-refractivity contribution in [3.8, 4) is 0 Å². The first-order valence-electron chi connectivity index (χ1n) is 9.32. The first-order chi connectivity index (χ1) is 13.9. The van der Waals surface area contributed by atoms with Gasteiger partial charge in [0, 0.05) is 12.6 Å². The van der Waals surface area contributed by atoms with E-state index in [-0.39, 0.29) is 30.7 Å². The normalized spacial score (nSPS) is 21.2. The fraction of sp³-hybridized carbons (Fsp3) is 0.400. The Labute approximate surface area is 172 Å². The molecule has 0 spiro atoms. The number of hydrogen-bond donors (Lipinski definition) is 5. The average Bonchev–Trinajstić information content (AvgIpc) is 3.01. The van der Waals surface area contributed by atoms with Crippen LogP contribution in [0.3, 0.4) is 0 Å². The maximum Gasteiger partial charge on any atom is 0.421 e. The highest BCUT2D eigenvalue weighted by Gasteiger charge is 2.51. The van der Waals surface area contributed by atoms with Crippen molar-refractivity contribution in [1.29, 1.82) is 5.41 Å². The Bertz CT molecular complexity index is 944. The lowest BCUT2D eigenvalue weighted by molar-refractivity contribution is -0.258. The Morgan fingerprint density at radius 3 is 2.57 bits per heavy atom. The third kappa shape index (κ3) is 3.92. The molecule has 162 valence electrons. The number of aliphatic hydroxyl groups is 1. The molecule has 2 atom stereocenters. The second kappa shape index (κ2) is 7.77. The van der Waals surface area contributed by atoms with Gasteiger partial charge in [-0.05, 0) is 37.5 Å². The number of benzene rings is 1. The molecule has 2 heterocycles. The standard InChI is InChI=1S/C20H24F3N5O2/c1-10(11(2)24)14-15-16(30-17(14)25)18(28-9-27-15)26-8-12-4-6-13(7-5-12)19(3,29)20(21,22)23/h4-7,11,25,27,29H,8-9,24H2,1-3H3,(H,26,28)/b14-10-,25-17?. The summed E-state index contributed by atoms with van der Waals surface area (Å²) in [5.74, 6) is 0.808. The Kier molecular flexibility index (Phi) is 5.66. The van der Waals surface area contributed by atoms with Crippen molar-refractivity contribution < 1.29 is 23.0 Å². The average molecular weight is 423 g/mol. The summed E-state index contributed by atoms with van der Waals surface area (Å²) in [5.41, 5.74) is 5.53. The van der Waals surface area contributed by atoms with E-state index < -0.39 is 11.8 Å². The van der Waals surface area contributed by atoms with Gasteiger partial charge in [-0.15, -0.1) is 0 Å². The van der Waals surface area contributed by atoms with Crippen molar-refractivity contribution in [2.24, 2.45) is 10.7 Å². The highest BCUT2D eigenvalue weighted by atomic mass is 19.4. The van der Waals surface area contributed by atoms with Gasteiger partial charge in [0.15, 0.2) is 17.2 Å². The van der Waals surface area contributed by atoms with Crippen molar-refractivity contribution in [1.82, 2.24) is 10.6 Å². The minimum absolute atomic E-state index is 0.0163. The minimum atomic E-state index is -4.77. The quantitative estimate of drug-likeness (QED) is 0.510. The second-order valence-electron chi connectivity index (χ2n) is 7.44. The smallest absolute Gasteiger partial charge is 0.421 e. The Morgan fingerprint density at radius 2 is 2.00 bits per heavy atom. The van der Waals surface area contributed by atoms with Crippen LogP contribution in [0, 0.1) is 5.41 Å². The summed E-state index contributed by atoms with van der Waals surface area (Å²) in [6, 6.07) is 5.24. The maximum atomic E-state index is 13.0. The van der Waals surface area contributed by atoms with Crippen LogP contribution in [0.2, 0.25) is 0 Å². The number of aliphatic imine (C=N–C) groups is 1. The van der Waals surface area contributed by atoms with E-state index >= 15 is 0 Å². The van der Waals surface area contributed by atoms with Crippen molar-refractivity contribution in [3.05, 3.63) is 58.0 Å². The number of rotatable bonds is 4. The zero-order valence-electron chi connectivity index (χ0n) is 16.8. The third-order valence-corrected chi connectivity index (χ3v) is 5.22. The SMILES string of the molecule is C/C(=C1/C(=N)OC2=C1NCN=C2NCc1ccc(C(C)(O)C(F)(F)F)cc1)C(C)N. The molecule has 0 radical (unpaired) electrons. The maximum absolute atomic E-state index is 13.0. The van der Waals surface area contributed by atoms with Crippen LogP contribution < -0.4 is 16.4 Å². The van der Waals surface area contributed by atoms with E-state index in [0.717, 1.165) is 12.5 Å². The molecule has 2 aliphatic rings. The molecule has 2 aliphatic heterocycles. The molecule has 7 nitrogen and oxygen atoms in total. The van der Waals surface area contributed by atoms with E-state index in [1.165, 1.54) is 24.3 Å². The lowest BCUT2D eigenvalue weighted by Gasteiger charge is -2.26. The zero-order valence-corrected chi connectivity index (χ0v) is 16.8. The lowest BCUT2D eigenvalue weighted by atomic mass is 9.94. The summed E-state index contributed by atoms with van der Waals surface area (Å²) in [5, 5.41) is 24.1. The summed E-state index contributed by atoms with van der Waals surface area (Å²) < 4.78 is 44.5. The Morgan fingerprint density at radius 1 is 1.37 bits per heavy atom. The Hall–Kier alpha value is -2.85. The number of amidine groups is 1. The fourth-order valence-corrected chi connectivity index (χ4v) is 3.07. The monoisotopic (exact) mass is 423 g/mol. The molecule has 2 unspecified atom stereocenters. The number of alkyl halides is 3. The molecule has 0 saturated carbocycles. The molecule has 0 fully saturated rings. The molecule has 6 N–H and O–H groups in total. The minimum Gasteiger partial charge on any atom is -0.433 e. The summed E-state index contributed by atoms with van der Waals surface area (Å²) in [6.07, 6.45) is -4.77. The first-order valence-corrected chi connectivity index (χ1v) is 9.32. The lowest BCUT2D eigenvalue weighted by Crippen LogP contribution is -2.39.